The SMILES string of the molecule is CC(C)(O)C1(C(=O)O)COC=N1. The number of aliphatic hydroxyl groups is 1. The van der Waals surface area contributed by atoms with Gasteiger partial charge >= 0.3 is 5.97 Å². The molecule has 1 aliphatic rings. The van der Waals surface area contributed by atoms with Crippen LogP contribution in [0.2, 0.25) is 0 Å². The highest BCUT2D eigenvalue weighted by Crippen LogP contribution is 2.29. The largest absolute Gasteiger partial charge is 0.480 e. The number of aliphatic imine (C=N–C) groups is 1. The predicted octanol–water partition coefficient (Wildman–Crippen LogP) is -0.361. The van der Waals surface area contributed by atoms with Gasteiger partial charge in [-0.25, -0.2) is 9.79 Å². The molecule has 5 nitrogen and oxygen atoms in total. The van der Waals surface area contributed by atoms with E-state index in [2.05, 4.69) is 4.99 Å². The predicted molar refractivity (Wildman–Crippen MR) is 41.1 cm³/mol. The minimum Gasteiger partial charge on any atom is -0.480 e. The number of rotatable bonds is 2. The molecule has 1 atom stereocenters. The highest BCUT2D eigenvalue weighted by molar-refractivity contribution is 5.84. The van der Waals surface area contributed by atoms with Gasteiger partial charge in [0.05, 0.1) is 5.60 Å². The fourth-order valence-corrected chi connectivity index (χ4v) is 1.04. The van der Waals surface area contributed by atoms with Gasteiger partial charge in [0, 0.05) is 0 Å². The average molecular weight is 173 g/mol. The van der Waals surface area contributed by atoms with Crippen molar-refractivity contribution in [3.8, 4) is 0 Å². The molecule has 0 aliphatic carbocycles. The van der Waals surface area contributed by atoms with E-state index in [0.29, 0.717) is 0 Å². The Labute approximate surface area is 69.7 Å². The molecule has 12 heavy (non-hydrogen) atoms. The van der Waals surface area contributed by atoms with Crippen LogP contribution < -0.4 is 0 Å². The topological polar surface area (TPSA) is 79.1 Å². The van der Waals surface area contributed by atoms with E-state index in [-0.39, 0.29) is 6.61 Å². The molecule has 0 aromatic heterocycles. The molecule has 0 aromatic carbocycles. The van der Waals surface area contributed by atoms with Crippen LogP contribution >= 0.6 is 0 Å². The summed E-state index contributed by atoms with van der Waals surface area (Å²) in [4.78, 5) is 14.5. The normalized spacial score (nSPS) is 28.6. The number of carboxylic acid groups (broad SMARTS) is 1. The molecule has 1 unspecified atom stereocenters. The maximum absolute atomic E-state index is 10.8. The Bertz CT molecular complexity index is 230. The third kappa shape index (κ3) is 1.06. The summed E-state index contributed by atoms with van der Waals surface area (Å²) in [7, 11) is 0. The van der Waals surface area contributed by atoms with Crippen molar-refractivity contribution in [1.82, 2.24) is 0 Å². The molecular formula is C7H11NO4. The number of hydrogen-bond acceptors (Lipinski definition) is 4. The van der Waals surface area contributed by atoms with Crippen molar-refractivity contribution < 1.29 is 19.7 Å². The van der Waals surface area contributed by atoms with Gasteiger partial charge in [-0.05, 0) is 13.8 Å². The monoisotopic (exact) mass is 173 g/mol. The summed E-state index contributed by atoms with van der Waals surface area (Å²) in [5.41, 5.74) is -2.97. The average Bonchev–Trinajstić information content (AvgIpc) is 2.31. The zero-order chi connectivity index (χ0) is 9.41. The van der Waals surface area contributed by atoms with Crippen molar-refractivity contribution in [2.45, 2.75) is 25.0 Å². The van der Waals surface area contributed by atoms with Crippen LogP contribution in [0.1, 0.15) is 13.8 Å². The lowest BCUT2D eigenvalue weighted by Gasteiger charge is -2.31. The fourth-order valence-electron chi connectivity index (χ4n) is 1.04. The lowest BCUT2D eigenvalue weighted by molar-refractivity contribution is -0.153. The highest BCUT2D eigenvalue weighted by Gasteiger charge is 2.53. The summed E-state index contributed by atoms with van der Waals surface area (Å²) in [6.07, 6.45) is 1.06. The summed E-state index contributed by atoms with van der Waals surface area (Å²) in [5, 5.41) is 18.4. The van der Waals surface area contributed by atoms with Gasteiger partial charge in [-0.2, -0.15) is 0 Å². The van der Waals surface area contributed by atoms with Crippen LogP contribution in [0.25, 0.3) is 0 Å². The summed E-state index contributed by atoms with van der Waals surface area (Å²) >= 11 is 0. The summed E-state index contributed by atoms with van der Waals surface area (Å²) in [6, 6.07) is 0. The molecule has 0 spiro atoms. The maximum Gasteiger partial charge on any atom is 0.338 e. The Hall–Kier alpha value is -1.10. The van der Waals surface area contributed by atoms with Gasteiger partial charge in [0.25, 0.3) is 0 Å². The molecule has 0 amide bonds. The molecule has 0 saturated heterocycles. The van der Waals surface area contributed by atoms with Gasteiger partial charge in [-0.1, -0.05) is 0 Å². The second kappa shape index (κ2) is 2.45. The summed E-state index contributed by atoms with van der Waals surface area (Å²) in [5.74, 6) is -1.18. The molecule has 5 heteroatoms. The lowest BCUT2D eigenvalue weighted by atomic mass is 9.84. The quantitative estimate of drug-likeness (QED) is 0.597. The molecule has 68 valence electrons. The van der Waals surface area contributed by atoms with E-state index in [0.717, 1.165) is 6.40 Å². The zero-order valence-corrected chi connectivity index (χ0v) is 6.94. The first kappa shape index (κ1) is 8.99. The van der Waals surface area contributed by atoms with Crippen molar-refractivity contribution in [2.75, 3.05) is 6.61 Å². The first-order valence-corrected chi connectivity index (χ1v) is 3.51. The number of ether oxygens (including phenoxy) is 1. The Morgan fingerprint density at radius 1 is 1.75 bits per heavy atom. The van der Waals surface area contributed by atoms with E-state index >= 15 is 0 Å². The van der Waals surface area contributed by atoms with Crippen LogP contribution in [-0.4, -0.2) is 40.3 Å². The highest BCUT2D eigenvalue weighted by atomic mass is 16.5. The third-order valence-electron chi connectivity index (χ3n) is 2.01. The molecule has 1 rings (SSSR count). The smallest absolute Gasteiger partial charge is 0.338 e. The molecular weight excluding hydrogens is 162 g/mol. The zero-order valence-electron chi connectivity index (χ0n) is 6.94. The van der Waals surface area contributed by atoms with Gasteiger partial charge in [-0.15, -0.1) is 0 Å². The second-order valence-corrected chi connectivity index (χ2v) is 3.27. The number of hydrogen-bond donors (Lipinski definition) is 2. The van der Waals surface area contributed by atoms with Gasteiger partial charge in [0.15, 0.2) is 6.40 Å². The first-order chi connectivity index (χ1) is 5.40. The Kier molecular flexibility index (Phi) is 1.83. The molecule has 0 bridgehead atoms. The van der Waals surface area contributed by atoms with Crippen LogP contribution in [0.4, 0.5) is 0 Å². The molecule has 0 saturated carbocycles. The Morgan fingerprint density at radius 3 is 2.50 bits per heavy atom. The minimum atomic E-state index is -1.55. The minimum absolute atomic E-state index is 0.119. The second-order valence-electron chi connectivity index (χ2n) is 3.27. The molecule has 0 fully saturated rings. The van der Waals surface area contributed by atoms with Crippen LogP contribution in [-0.2, 0) is 9.53 Å². The van der Waals surface area contributed by atoms with E-state index in [1.165, 1.54) is 13.8 Å². The molecule has 2 N–H and O–H groups in total. The van der Waals surface area contributed by atoms with Crippen LogP contribution in [0, 0.1) is 0 Å². The molecule has 1 heterocycles. The van der Waals surface area contributed by atoms with E-state index < -0.39 is 17.1 Å². The van der Waals surface area contributed by atoms with Crippen molar-refractivity contribution in [2.24, 2.45) is 4.99 Å². The van der Waals surface area contributed by atoms with Crippen molar-refractivity contribution in [3.63, 3.8) is 0 Å². The van der Waals surface area contributed by atoms with E-state index in [4.69, 9.17) is 9.84 Å². The Balaban J connectivity index is 3.04. The fraction of sp³-hybridized carbons (Fsp3) is 0.714. The number of carbonyl (C=O) groups is 1. The number of nitrogens with zero attached hydrogens (tertiary/aromatic N) is 1. The van der Waals surface area contributed by atoms with E-state index in [1.54, 1.807) is 0 Å². The van der Waals surface area contributed by atoms with Crippen LogP contribution in [0.3, 0.4) is 0 Å². The molecule has 0 radical (unpaired) electrons. The van der Waals surface area contributed by atoms with Crippen LogP contribution in [0.15, 0.2) is 4.99 Å². The maximum atomic E-state index is 10.8. The van der Waals surface area contributed by atoms with E-state index in [9.17, 15) is 9.90 Å². The van der Waals surface area contributed by atoms with Crippen molar-refractivity contribution in [1.29, 1.82) is 0 Å². The van der Waals surface area contributed by atoms with Crippen molar-refractivity contribution in [3.05, 3.63) is 0 Å². The first-order valence-electron chi connectivity index (χ1n) is 3.51. The van der Waals surface area contributed by atoms with Gasteiger partial charge in [-0.3, -0.25) is 0 Å². The van der Waals surface area contributed by atoms with Gasteiger partial charge in [0.1, 0.15) is 6.61 Å². The molecule has 0 aromatic rings. The summed E-state index contributed by atoms with van der Waals surface area (Å²) in [6.45, 7) is 2.67. The Morgan fingerprint density at radius 2 is 2.33 bits per heavy atom. The standard InChI is InChI=1S/C7H11NO4/c1-6(2,11)7(5(9)10)3-12-4-8-7/h4,11H,3H2,1-2H3,(H,9,10). The van der Waals surface area contributed by atoms with E-state index in [1.807, 2.05) is 0 Å². The number of carboxylic acids is 1. The van der Waals surface area contributed by atoms with Gasteiger partial charge in [0.2, 0.25) is 5.54 Å². The molecule has 1 aliphatic heterocycles. The third-order valence-corrected chi connectivity index (χ3v) is 2.01. The number of aliphatic carboxylic acids is 1. The van der Waals surface area contributed by atoms with Crippen molar-refractivity contribution >= 4 is 12.4 Å². The summed E-state index contributed by atoms with van der Waals surface area (Å²) < 4.78 is 4.72. The van der Waals surface area contributed by atoms with Crippen LogP contribution in [0.5, 0.6) is 0 Å². The lowest BCUT2D eigenvalue weighted by Crippen LogP contribution is -2.55. The van der Waals surface area contributed by atoms with Gasteiger partial charge < -0.3 is 14.9 Å².